The summed E-state index contributed by atoms with van der Waals surface area (Å²) in [5.74, 6) is 0.489. The highest BCUT2D eigenvalue weighted by molar-refractivity contribution is 7.92. The van der Waals surface area contributed by atoms with Gasteiger partial charge in [-0.25, -0.2) is 8.42 Å². The molecule has 1 saturated carbocycles. The summed E-state index contributed by atoms with van der Waals surface area (Å²) in [5.41, 5.74) is 1.79. The molecule has 0 aromatic heterocycles. The smallest absolute Gasteiger partial charge is 0.244 e. The molecule has 1 N–H and O–H groups in total. The maximum Gasteiger partial charge on any atom is 0.244 e. The quantitative estimate of drug-likeness (QED) is 0.276. The third-order valence-electron chi connectivity index (χ3n) is 8.04. The van der Waals surface area contributed by atoms with Crippen molar-refractivity contribution in [3.8, 4) is 17.2 Å². The van der Waals surface area contributed by atoms with Crippen LogP contribution in [0.15, 0.2) is 72.8 Å². The van der Waals surface area contributed by atoms with Crippen LogP contribution in [0, 0.1) is 0 Å². The highest BCUT2D eigenvalue weighted by atomic mass is 32.2. The summed E-state index contributed by atoms with van der Waals surface area (Å²) in [6.07, 6.45) is 6.25. The van der Waals surface area contributed by atoms with Gasteiger partial charge in [0.1, 0.15) is 29.8 Å². The van der Waals surface area contributed by atoms with Crippen LogP contribution in [0.25, 0.3) is 0 Å². The van der Waals surface area contributed by atoms with Crippen molar-refractivity contribution < 1.29 is 32.2 Å². The molecule has 0 unspecified atom stereocenters. The van der Waals surface area contributed by atoms with Crippen LogP contribution in [0.4, 0.5) is 5.69 Å². The number of sulfonamides is 1. The highest BCUT2D eigenvalue weighted by Gasteiger charge is 2.34. The summed E-state index contributed by atoms with van der Waals surface area (Å²) in [4.78, 5) is 30.0. The first kappa shape index (κ1) is 33.6. The van der Waals surface area contributed by atoms with E-state index in [0.717, 1.165) is 53.8 Å². The first-order valence-corrected chi connectivity index (χ1v) is 16.9. The number of nitrogens with zero attached hydrogens (tertiary/aromatic N) is 2. The maximum absolute atomic E-state index is 14.4. The summed E-state index contributed by atoms with van der Waals surface area (Å²) >= 11 is 0. The topological polar surface area (TPSA) is 114 Å². The zero-order valence-corrected chi connectivity index (χ0v) is 27.2. The molecule has 10 nitrogen and oxygen atoms in total. The zero-order chi connectivity index (χ0) is 32.4. The predicted octanol–water partition coefficient (Wildman–Crippen LogP) is 4.57. The van der Waals surface area contributed by atoms with Gasteiger partial charge in [-0.15, -0.1) is 0 Å². The van der Waals surface area contributed by atoms with Crippen molar-refractivity contribution in [3.05, 3.63) is 83.9 Å². The van der Waals surface area contributed by atoms with E-state index in [1.54, 1.807) is 31.4 Å². The second-order valence-electron chi connectivity index (χ2n) is 11.2. The van der Waals surface area contributed by atoms with Crippen LogP contribution in [0.5, 0.6) is 17.2 Å². The van der Waals surface area contributed by atoms with Gasteiger partial charge in [0.15, 0.2) is 0 Å². The van der Waals surface area contributed by atoms with Crippen LogP contribution in [-0.2, 0) is 32.6 Å². The molecule has 3 aromatic carbocycles. The second-order valence-corrected chi connectivity index (χ2v) is 13.1. The lowest BCUT2D eigenvalue weighted by molar-refractivity contribution is -0.140. The van der Waals surface area contributed by atoms with Crippen LogP contribution >= 0.6 is 0 Å². The Bertz CT molecular complexity index is 1540. The minimum atomic E-state index is -3.97. The van der Waals surface area contributed by atoms with E-state index in [1.807, 2.05) is 42.5 Å². The highest BCUT2D eigenvalue weighted by Crippen LogP contribution is 2.34. The summed E-state index contributed by atoms with van der Waals surface area (Å²) in [5, 5.41) is 3.21. The molecule has 0 aliphatic heterocycles. The van der Waals surface area contributed by atoms with Gasteiger partial charge in [-0.3, -0.25) is 13.9 Å². The lowest BCUT2D eigenvalue weighted by atomic mass is 9.94. The van der Waals surface area contributed by atoms with Gasteiger partial charge in [0.2, 0.25) is 21.8 Å². The molecule has 2 amide bonds. The Labute approximate surface area is 266 Å². The van der Waals surface area contributed by atoms with Crippen LogP contribution < -0.4 is 23.8 Å². The lowest BCUT2D eigenvalue weighted by Gasteiger charge is -2.35. The van der Waals surface area contributed by atoms with Gasteiger partial charge in [-0.2, -0.15) is 0 Å². The number of hydrogen-bond acceptors (Lipinski definition) is 7. The molecule has 1 aliphatic rings. The first-order valence-electron chi connectivity index (χ1n) is 15.1. The van der Waals surface area contributed by atoms with Gasteiger partial charge in [-0.05, 0) is 48.2 Å². The zero-order valence-electron chi connectivity index (χ0n) is 26.4. The normalized spacial score (nSPS) is 14.2. The SMILES string of the molecule is COc1cccc(CN(C(=O)CN(c2ccc(OC)cc2OC)S(C)(=O)=O)[C@H](Cc2ccccc2)C(=O)NC2CCCCC2)c1. The molecule has 0 radical (unpaired) electrons. The number of ether oxygens (including phenoxy) is 3. The monoisotopic (exact) mass is 637 g/mol. The van der Waals surface area contributed by atoms with Crippen molar-refractivity contribution in [3.63, 3.8) is 0 Å². The van der Waals surface area contributed by atoms with Gasteiger partial charge in [-0.1, -0.05) is 61.7 Å². The summed E-state index contributed by atoms with van der Waals surface area (Å²) < 4.78 is 43.6. The molecule has 0 heterocycles. The summed E-state index contributed by atoms with van der Waals surface area (Å²) in [6, 6.07) is 20.6. The Morgan fingerprint density at radius 3 is 2.16 bits per heavy atom. The molecule has 1 fully saturated rings. The molecule has 242 valence electrons. The first-order chi connectivity index (χ1) is 21.6. The fourth-order valence-corrected chi connectivity index (χ4v) is 6.50. The Balaban J connectivity index is 1.76. The number of carbonyl (C=O) groups is 2. The number of methoxy groups -OCH3 is 3. The van der Waals surface area contributed by atoms with E-state index in [0.29, 0.717) is 11.5 Å². The largest absolute Gasteiger partial charge is 0.497 e. The third kappa shape index (κ3) is 9.13. The standard InChI is InChI=1S/C34H43N3O7S/c1-42-28-17-11-14-26(20-28)23-36(31(21-25-12-7-5-8-13-25)34(39)35-27-15-9-6-10-16-27)33(38)24-37(45(4,40)41)30-19-18-29(43-2)22-32(30)44-3/h5,7-8,11-14,17-20,22,27,31H,6,9-10,15-16,21,23-24H2,1-4H3,(H,35,39)/t31-/m1/s1. The van der Waals surface area contributed by atoms with Gasteiger partial charge >= 0.3 is 0 Å². The van der Waals surface area contributed by atoms with Crippen molar-refractivity contribution in [1.82, 2.24) is 10.2 Å². The second kappa shape index (κ2) is 15.7. The van der Waals surface area contributed by atoms with Crippen molar-refractivity contribution in [1.29, 1.82) is 0 Å². The van der Waals surface area contributed by atoms with Crippen LogP contribution in [-0.4, -0.2) is 71.3 Å². The minimum Gasteiger partial charge on any atom is -0.497 e. The van der Waals surface area contributed by atoms with Crippen LogP contribution in [0.3, 0.4) is 0 Å². The molecule has 3 aromatic rings. The lowest BCUT2D eigenvalue weighted by Crippen LogP contribution is -2.55. The van der Waals surface area contributed by atoms with Crippen LogP contribution in [0.2, 0.25) is 0 Å². The average Bonchev–Trinajstić information content (AvgIpc) is 3.05. The number of nitrogens with one attached hydrogen (secondary N) is 1. The number of benzene rings is 3. The molecular weight excluding hydrogens is 594 g/mol. The van der Waals surface area contributed by atoms with Gasteiger partial charge in [0.25, 0.3) is 0 Å². The molecule has 0 spiro atoms. The number of hydrogen-bond donors (Lipinski definition) is 1. The van der Waals surface area contributed by atoms with Crippen LogP contribution in [0.1, 0.15) is 43.2 Å². The molecular formula is C34H43N3O7S. The van der Waals surface area contributed by atoms with E-state index >= 15 is 0 Å². The van der Waals surface area contributed by atoms with E-state index in [1.165, 1.54) is 25.2 Å². The number of anilines is 1. The van der Waals surface area contributed by atoms with E-state index in [9.17, 15) is 18.0 Å². The average molecular weight is 638 g/mol. The van der Waals surface area contributed by atoms with Gasteiger partial charge < -0.3 is 24.4 Å². The van der Waals surface area contributed by atoms with Gasteiger partial charge in [0, 0.05) is 25.1 Å². The number of carbonyl (C=O) groups excluding carboxylic acids is 2. The number of amides is 2. The Hall–Kier alpha value is -4.25. The fourth-order valence-electron chi connectivity index (χ4n) is 5.65. The minimum absolute atomic E-state index is 0.0226. The van der Waals surface area contributed by atoms with Gasteiger partial charge in [0.05, 0.1) is 33.3 Å². The Kier molecular flexibility index (Phi) is 11.7. The Morgan fingerprint density at radius 2 is 1.51 bits per heavy atom. The summed E-state index contributed by atoms with van der Waals surface area (Å²) in [6.45, 7) is -0.490. The third-order valence-corrected chi connectivity index (χ3v) is 9.17. The molecule has 45 heavy (non-hydrogen) atoms. The molecule has 11 heteroatoms. The summed E-state index contributed by atoms with van der Waals surface area (Å²) in [7, 11) is 0.506. The molecule has 4 rings (SSSR count). The molecule has 0 bridgehead atoms. The van der Waals surface area contributed by atoms with E-state index in [4.69, 9.17) is 14.2 Å². The van der Waals surface area contributed by atoms with Crippen molar-refractivity contribution in [2.45, 2.75) is 57.2 Å². The van der Waals surface area contributed by atoms with E-state index < -0.39 is 28.5 Å². The van der Waals surface area contributed by atoms with Crippen molar-refractivity contribution in [2.75, 3.05) is 38.4 Å². The number of rotatable bonds is 14. The maximum atomic E-state index is 14.4. The fraction of sp³-hybridized carbons (Fsp3) is 0.412. The van der Waals surface area contributed by atoms with Crippen molar-refractivity contribution in [2.24, 2.45) is 0 Å². The molecule has 1 aliphatic carbocycles. The molecule has 0 saturated heterocycles. The predicted molar refractivity (Wildman–Crippen MR) is 174 cm³/mol. The Morgan fingerprint density at radius 1 is 0.844 bits per heavy atom. The molecule has 1 atom stereocenters. The van der Waals surface area contributed by atoms with Crippen molar-refractivity contribution >= 4 is 27.5 Å². The van der Waals surface area contributed by atoms with E-state index in [-0.39, 0.29) is 36.4 Å². The van der Waals surface area contributed by atoms with E-state index in [2.05, 4.69) is 5.32 Å².